The third-order valence-corrected chi connectivity index (χ3v) is 3.31. The zero-order valence-corrected chi connectivity index (χ0v) is 12.7. The Bertz CT molecular complexity index is 495. The topological polar surface area (TPSA) is 90.7 Å². The molecule has 1 amide bonds. The van der Waals surface area contributed by atoms with Crippen LogP contribution in [-0.4, -0.2) is 43.0 Å². The standard InChI is InChI=1S/C12H15BrN2O5/c1-19-7-9(6-13)14-12(16)8-3-4-10(15(17)18)11(5-8)20-2/h3-5,9H,6-7H2,1-2H3,(H,14,16). The molecule has 7 nitrogen and oxygen atoms in total. The van der Waals surface area contributed by atoms with E-state index in [0.717, 1.165) is 0 Å². The minimum Gasteiger partial charge on any atom is -0.490 e. The Hall–Kier alpha value is -1.67. The van der Waals surface area contributed by atoms with E-state index in [1.165, 1.54) is 32.4 Å². The van der Waals surface area contributed by atoms with E-state index in [9.17, 15) is 14.9 Å². The molecular formula is C12H15BrN2O5. The first kappa shape index (κ1) is 16.4. The lowest BCUT2D eigenvalue weighted by Gasteiger charge is -2.15. The van der Waals surface area contributed by atoms with E-state index in [-0.39, 0.29) is 28.9 Å². The highest BCUT2D eigenvalue weighted by Gasteiger charge is 2.19. The molecule has 1 rings (SSSR count). The van der Waals surface area contributed by atoms with Gasteiger partial charge in [0.25, 0.3) is 5.91 Å². The Labute approximate surface area is 124 Å². The molecule has 0 bridgehead atoms. The molecule has 0 spiro atoms. The van der Waals surface area contributed by atoms with Gasteiger partial charge in [-0.05, 0) is 6.07 Å². The van der Waals surface area contributed by atoms with Crippen LogP contribution in [0.2, 0.25) is 0 Å². The third kappa shape index (κ3) is 4.17. The van der Waals surface area contributed by atoms with E-state index in [2.05, 4.69) is 21.2 Å². The first-order valence-corrected chi connectivity index (χ1v) is 6.83. The highest BCUT2D eigenvalue weighted by Crippen LogP contribution is 2.27. The molecule has 0 heterocycles. The van der Waals surface area contributed by atoms with Gasteiger partial charge in [0, 0.05) is 30.1 Å². The lowest BCUT2D eigenvalue weighted by atomic mass is 10.1. The van der Waals surface area contributed by atoms with Gasteiger partial charge in [-0.2, -0.15) is 0 Å². The van der Waals surface area contributed by atoms with Crippen molar-refractivity contribution in [2.24, 2.45) is 0 Å². The summed E-state index contributed by atoms with van der Waals surface area (Å²) in [5.74, 6) is -0.301. The zero-order chi connectivity index (χ0) is 15.1. The molecule has 0 aliphatic rings. The van der Waals surface area contributed by atoms with Crippen LogP contribution in [-0.2, 0) is 4.74 Å². The average molecular weight is 347 g/mol. The fourth-order valence-corrected chi connectivity index (χ4v) is 1.91. The molecule has 1 aromatic rings. The molecule has 110 valence electrons. The van der Waals surface area contributed by atoms with Crippen LogP contribution >= 0.6 is 15.9 Å². The maximum absolute atomic E-state index is 12.0. The van der Waals surface area contributed by atoms with Crippen LogP contribution in [0.1, 0.15) is 10.4 Å². The molecule has 0 aliphatic carbocycles. The van der Waals surface area contributed by atoms with Gasteiger partial charge in [0.15, 0.2) is 5.75 Å². The molecule has 0 aromatic heterocycles. The van der Waals surface area contributed by atoms with Gasteiger partial charge in [-0.25, -0.2) is 0 Å². The summed E-state index contributed by atoms with van der Waals surface area (Å²) in [4.78, 5) is 22.2. The molecule has 0 radical (unpaired) electrons. The van der Waals surface area contributed by atoms with Gasteiger partial charge in [-0.1, -0.05) is 15.9 Å². The van der Waals surface area contributed by atoms with Gasteiger partial charge in [0.05, 0.1) is 24.7 Å². The molecule has 1 N–H and O–H groups in total. The minimum absolute atomic E-state index is 0.0461. The Morgan fingerprint density at radius 3 is 2.70 bits per heavy atom. The number of nitro groups is 1. The lowest BCUT2D eigenvalue weighted by molar-refractivity contribution is -0.385. The van der Waals surface area contributed by atoms with Gasteiger partial charge in [0.1, 0.15) is 0 Å². The molecule has 1 aromatic carbocycles. The second-order valence-corrected chi connectivity index (χ2v) is 4.57. The number of hydrogen-bond donors (Lipinski definition) is 1. The highest BCUT2D eigenvalue weighted by atomic mass is 79.9. The monoisotopic (exact) mass is 346 g/mol. The second kappa shape index (κ2) is 7.81. The molecule has 0 saturated heterocycles. The Morgan fingerprint density at radius 1 is 1.50 bits per heavy atom. The van der Waals surface area contributed by atoms with Crippen LogP contribution in [0.15, 0.2) is 18.2 Å². The van der Waals surface area contributed by atoms with Crippen LogP contribution in [0.4, 0.5) is 5.69 Å². The molecular weight excluding hydrogens is 332 g/mol. The summed E-state index contributed by atoms with van der Waals surface area (Å²) in [5.41, 5.74) is 0.104. The summed E-state index contributed by atoms with van der Waals surface area (Å²) < 4.78 is 9.89. The number of alkyl halides is 1. The number of rotatable bonds is 7. The molecule has 20 heavy (non-hydrogen) atoms. The van der Waals surface area contributed by atoms with Crippen molar-refractivity contribution in [1.82, 2.24) is 5.32 Å². The summed E-state index contributed by atoms with van der Waals surface area (Å²) in [7, 11) is 2.85. The molecule has 0 fully saturated rings. The number of halogens is 1. The number of methoxy groups -OCH3 is 2. The van der Waals surface area contributed by atoms with Gasteiger partial charge in [-0.3, -0.25) is 14.9 Å². The Balaban J connectivity index is 2.91. The number of hydrogen-bond acceptors (Lipinski definition) is 5. The van der Waals surface area contributed by atoms with Gasteiger partial charge >= 0.3 is 5.69 Å². The van der Waals surface area contributed by atoms with Gasteiger partial charge < -0.3 is 14.8 Å². The number of nitro benzene ring substituents is 1. The van der Waals surface area contributed by atoms with Crippen molar-refractivity contribution < 1.29 is 19.2 Å². The second-order valence-electron chi connectivity index (χ2n) is 3.92. The fraction of sp³-hybridized carbons (Fsp3) is 0.417. The van der Waals surface area contributed by atoms with Crippen LogP contribution in [0.3, 0.4) is 0 Å². The molecule has 0 saturated carbocycles. The first-order valence-electron chi connectivity index (χ1n) is 5.71. The van der Waals surface area contributed by atoms with E-state index in [1.807, 2.05) is 0 Å². The third-order valence-electron chi connectivity index (χ3n) is 2.53. The number of nitrogens with one attached hydrogen (secondary N) is 1. The summed E-state index contributed by atoms with van der Waals surface area (Å²) in [5, 5.41) is 14.1. The zero-order valence-electron chi connectivity index (χ0n) is 11.1. The maximum atomic E-state index is 12.0. The number of amides is 1. The normalized spacial score (nSPS) is 11.8. The fourth-order valence-electron chi connectivity index (χ4n) is 1.56. The van der Waals surface area contributed by atoms with Gasteiger partial charge in [-0.15, -0.1) is 0 Å². The summed E-state index contributed by atoms with van der Waals surface area (Å²) >= 11 is 3.27. The van der Waals surface area contributed by atoms with Crippen LogP contribution < -0.4 is 10.1 Å². The van der Waals surface area contributed by atoms with Crippen LogP contribution in [0, 0.1) is 10.1 Å². The summed E-state index contributed by atoms with van der Waals surface area (Å²) in [6.45, 7) is 0.362. The number of ether oxygens (including phenoxy) is 2. The first-order chi connectivity index (χ1) is 9.53. The number of benzene rings is 1. The largest absolute Gasteiger partial charge is 0.490 e. The van der Waals surface area contributed by atoms with Crippen LogP contribution in [0.25, 0.3) is 0 Å². The molecule has 1 atom stereocenters. The molecule has 1 unspecified atom stereocenters. The number of nitrogens with zero attached hydrogens (tertiary/aromatic N) is 1. The van der Waals surface area contributed by atoms with Crippen molar-refractivity contribution in [3.05, 3.63) is 33.9 Å². The minimum atomic E-state index is -0.563. The van der Waals surface area contributed by atoms with Gasteiger partial charge in [0.2, 0.25) is 0 Å². The van der Waals surface area contributed by atoms with Crippen molar-refractivity contribution in [2.75, 3.05) is 26.2 Å². The van der Waals surface area contributed by atoms with E-state index in [1.54, 1.807) is 0 Å². The average Bonchev–Trinajstić information content (AvgIpc) is 2.45. The summed E-state index contributed by atoms with van der Waals surface area (Å²) in [6.07, 6.45) is 0. The maximum Gasteiger partial charge on any atom is 0.310 e. The molecule has 8 heteroatoms. The van der Waals surface area contributed by atoms with Crippen molar-refractivity contribution in [2.45, 2.75) is 6.04 Å². The summed E-state index contributed by atoms with van der Waals surface area (Å²) in [6, 6.07) is 3.78. The van der Waals surface area contributed by atoms with E-state index in [0.29, 0.717) is 11.9 Å². The molecule has 0 aliphatic heterocycles. The van der Waals surface area contributed by atoms with E-state index in [4.69, 9.17) is 9.47 Å². The Kier molecular flexibility index (Phi) is 6.40. The number of carbonyl (C=O) groups excluding carboxylic acids is 1. The van der Waals surface area contributed by atoms with Crippen molar-refractivity contribution in [3.63, 3.8) is 0 Å². The van der Waals surface area contributed by atoms with Crippen LogP contribution in [0.5, 0.6) is 5.75 Å². The Morgan fingerprint density at radius 2 is 2.20 bits per heavy atom. The predicted octanol–water partition coefficient (Wildman–Crippen LogP) is 1.74. The van der Waals surface area contributed by atoms with E-state index >= 15 is 0 Å². The smallest absolute Gasteiger partial charge is 0.310 e. The predicted molar refractivity (Wildman–Crippen MR) is 76.6 cm³/mol. The number of carbonyl (C=O) groups is 1. The lowest BCUT2D eigenvalue weighted by Crippen LogP contribution is -2.39. The van der Waals surface area contributed by atoms with Crippen molar-refractivity contribution >= 4 is 27.5 Å². The van der Waals surface area contributed by atoms with E-state index < -0.39 is 4.92 Å². The van der Waals surface area contributed by atoms with Crippen molar-refractivity contribution in [1.29, 1.82) is 0 Å². The van der Waals surface area contributed by atoms with Crippen molar-refractivity contribution in [3.8, 4) is 5.75 Å². The highest BCUT2D eigenvalue weighted by molar-refractivity contribution is 9.09. The quantitative estimate of drug-likeness (QED) is 0.461. The SMILES string of the molecule is COCC(CBr)NC(=O)c1ccc([N+](=O)[O-])c(OC)c1.